The Morgan fingerprint density at radius 1 is 0.206 bits per heavy atom. The largest absolute Gasteiger partial charge is 0.327 e. The zero-order chi connectivity index (χ0) is 66.8. The maximum atomic E-state index is 2.64. The van der Waals surface area contributed by atoms with Gasteiger partial charge in [-0.25, -0.2) is 0 Å². The number of quaternary nitrogens is 3. The summed E-state index contributed by atoms with van der Waals surface area (Å²) in [5.74, 6) is 0. The summed E-state index contributed by atoms with van der Waals surface area (Å²) in [6.07, 6.45) is 0.299. The van der Waals surface area contributed by atoms with Crippen molar-refractivity contribution in [2.75, 3.05) is 0 Å². The quantitative estimate of drug-likeness (QED) is 0.0681. The van der Waals surface area contributed by atoms with Gasteiger partial charge in [-0.15, -0.1) is 13.7 Å². The Kier molecular flexibility index (Phi) is 12.1. The van der Waals surface area contributed by atoms with Gasteiger partial charge in [-0.2, -0.15) is 13.4 Å². The molecule has 6 nitrogen and oxygen atoms in total. The van der Waals surface area contributed by atoms with Crippen molar-refractivity contribution in [1.82, 2.24) is 13.4 Å². The molecule has 0 saturated heterocycles. The van der Waals surface area contributed by atoms with Crippen LogP contribution in [0.5, 0.6) is 0 Å². The third-order valence-corrected chi connectivity index (χ3v) is 23.3. The van der Waals surface area contributed by atoms with Gasteiger partial charge in [0.2, 0.25) is 34.1 Å². The summed E-state index contributed by atoms with van der Waals surface area (Å²) in [5, 5.41) is 11.8. The monoisotopic (exact) mass is 1300 g/mol. The summed E-state index contributed by atoms with van der Waals surface area (Å²) in [5.41, 5.74) is 27.8. The van der Waals surface area contributed by atoms with Crippen molar-refractivity contribution in [2.24, 2.45) is 0 Å². The molecule has 102 heavy (non-hydrogen) atoms. The molecule has 6 heteroatoms. The highest BCUT2D eigenvalue weighted by Gasteiger charge is 2.67. The molecular formula is C96H66N6+6. The van der Waals surface area contributed by atoms with Crippen LogP contribution in [0.1, 0.15) is 35.2 Å². The van der Waals surface area contributed by atoms with Crippen LogP contribution < -0.4 is 27.2 Å². The molecule has 15 aromatic carbocycles. The van der Waals surface area contributed by atoms with Crippen molar-refractivity contribution >= 4 is 116 Å². The Labute approximate surface area is 590 Å². The minimum absolute atomic E-state index is 0.0977. The van der Waals surface area contributed by atoms with E-state index in [0.29, 0.717) is 13.4 Å². The minimum Gasteiger partial charge on any atom is -0.159 e. The first-order valence-electron chi connectivity index (χ1n) is 35.7. The summed E-state index contributed by atoms with van der Waals surface area (Å²) in [7, 11) is 0. The van der Waals surface area contributed by atoms with Gasteiger partial charge in [0.05, 0.1) is 60.3 Å². The molecule has 6 aliphatic heterocycles. The van der Waals surface area contributed by atoms with Gasteiger partial charge in [0.1, 0.15) is 34.1 Å². The lowest BCUT2D eigenvalue weighted by Crippen LogP contribution is -2.50. The number of nitrogens with zero attached hydrogens (tertiary/aromatic N) is 6. The van der Waals surface area contributed by atoms with Gasteiger partial charge in [0.15, 0.2) is 0 Å². The lowest BCUT2D eigenvalue weighted by molar-refractivity contribution is -0.677. The molecule has 0 fully saturated rings. The van der Waals surface area contributed by atoms with Gasteiger partial charge in [-0.3, -0.25) is 0 Å². The number of rotatable bonds is 6. The molecule has 9 heterocycles. The normalized spacial score (nSPS) is 16.8. The highest BCUT2D eigenvalue weighted by Crippen LogP contribution is 2.64. The minimum atomic E-state index is 0.0977. The summed E-state index contributed by atoms with van der Waals surface area (Å²) >= 11 is 0. The molecule has 18 aromatic rings. The number of aromatic nitrogens is 3. The van der Waals surface area contributed by atoms with Crippen LogP contribution in [0.2, 0.25) is 0 Å². The Morgan fingerprint density at radius 3 is 1.12 bits per heavy atom. The third-order valence-electron chi connectivity index (χ3n) is 23.3. The van der Waals surface area contributed by atoms with Crippen LogP contribution in [-0.4, -0.2) is 0 Å². The van der Waals surface area contributed by atoms with Crippen molar-refractivity contribution in [3.8, 4) is 33.8 Å². The summed E-state index contributed by atoms with van der Waals surface area (Å²) < 4.78 is 9.81. The summed E-state index contributed by atoms with van der Waals surface area (Å²) in [4.78, 5) is 0. The van der Waals surface area contributed by atoms with Gasteiger partial charge < -0.3 is 0 Å². The molecule has 6 aliphatic rings. The Morgan fingerprint density at radius 2 is 0.569 bits per heavy atom. The van der Waals surface area contributed by atoms with Crippen LogP contribution in [0.25, 0.3) is 98.8 Å². The number of pyridine rings is 3. The van der Waals surface area contributed by atoms with Crippen molar-refractivity contribution in [3.63, 3.8) is 0 Å². The van der Waals surface area contributed by atoms with Crippen LogP contribution in [0.3, 0.4) is 0 Å². The van der Waals surface area contributed by atoms with Crippen LogP contribution in [0.4, 0.5) is 51.2 Å². The maximum absolute atomic E-state index is 2.64. The van der Waals surface area contributed by atoms with E-state index < -0.39 is 0 Å². The van der Waals surface area contributed by atoms with Gasteiger partial charge in [-0.05, 0) is 89.0 Å². The number of para-hydroxylation sites is 7. The lowest BCUT2D eigenvalue weighted by Gasteiger charge is -2.35. The molecule has 0 bridgehead atoms. The zero-order valence-electron chi connectivity index (χ0n) is 55.8. The first kappa shape index (κ1) is 57.1. The smallest absolute Gasteiger partial charge is 0.159 e. The van der Waals surface area contributed by atoms with E-state index in [4.69, 9.17) is 0 Å². The predicted octanol–water partition coefficient (Wildman–Crippen LogP) is 23.4. The Balaban J connectivity index is 0.0000000967. The number of fused-ring (bicyclic) bond motifs is 16. The average Bonchev–Trinajstić information content (AvgIpc) is 1.52. The SMILES string of the molecule is c1ccc([N+]2(c3ccccc3)c3c4ccccc4cc4ccc5[n+](c34)C2c2ccccc2-5)cc1.c1ccc([N+]2(c3ccccc3)c3cc4ccccc4c4ccc5[n+](c34)C2c2ccccc2-5)cc1.c1ccc([N+]2(c3ccccc3)c3cccc4c5ccccc5c5[n+](c34)C2c2ccccc2-5)cc1. The van der Waals surface area contributed by atoms with E-state index in [1.165, 1.54) is 167 Å². The highest BCUT2D eigenvalue weighted by molar-refractivity contribution is 6.16. The topological polar surface area (TPSA) is 11.6 Å². The highest BCUT2D eigenvalue weighted by atomic mass is 15.5. The molecule has 0 amide bonds. The van der Waals surface area contributed by atoms with Crippen LogP contribution >= 0.6 is 0 Å². The van der Waals surface area contributed by atoms with E-state index in [1.807, 2.05) is 0 Å². The Bertz CT molecular complexity index is 6380. The number of hydrogen-bond acceptors (Lipinski definition) is 0. The van der Waals surface area contributed by atoms with Crippen LogP contribution in [0, 0.1) is 0 Å². The second-order valence-electron chi connectivity index (χ2n) is 27.9. The van der Waals surface area contributed by atoms with Crippen molar-refractivity contribution in [2.45, 2.75) is 18.5 Å². The molecule has 474 valence electrons. The number of benzene rings is 15. The standard InChI is InChI=1S/3C32H22N2/c1-3-12-22(13-4-1)34(23-14-5-2-6-15-23)29-21-11-20-26-24-16-7-8-17-25(24)30-27-18-9-10-19-28(27)32(34)33(30)31(26)29;1-3-12-24(13-4-1)34(25-14-5-2-6-15-25)31-26-16-8-7-11-22(26)21-23-19-20-29-27-17-9-10-18-28(27)32(34)33(29)30(23)31;1-3-12-23(13-4-1)34(24-14-5-2-6-15-24)30-21-22-11-7-8-16-25(22)27-19-20-29-26-17-9-10-18-28(26)32(34)33(29)31(27)30/h3*1-21,32H/q3*+2. The molecule has 3 aromatic heterocycles. The Hall–Kier alpha value is -12.8. The van der Waals surface area contributed by atoms with Gasteiger partial charge >= 0.3 is 18.5 Å². The fraction of sp³-hybridized carbons (Fsp3) is 0.0312. The third kappa shape index (κ3) is 7.33. The molecule has 0 spiro atoms. The van der Waals surface area contributed by atoms with Gasteiger partial charge in [0.25, 0.3) is 16.6 Å². The second kappa shape index (κ2) is 21.6. The zero-order valence-corrected chi connectivity index (χ0v) is 55.8. The van der Waals surface area contributed by atoms with Crippen LogP contribution in [0.15, 0.2) is 382 Å². The van der Waals surface area contributed by atoms with E-state index in [-0.39, 0.29) is 18.5 Å². The van der Waals surface area contributed by atoms with Crippen LogP contribution in [-0.2, 0) is 0 Å². The molecule has 0 radical (unpaired) electrons. The first-order chi connectivity index (χ1) is 50.7. The number of hydrogen-bond donors (Lipinski definition) is 0. The van der Waals surface area contributed by atoms with Crippen molar-refractivity contribution in [3.05, 3.63) is 399 Å². The van der Waals surface area contributed by atoms with Gasteiger partial charge in [0, 0.05) is 102 Å². The molecule has 0 saturated carbocycles. The van der Waals surface area contributed by atoms with E-state index in [9.17, 15) is 0 Å². The van der Waals surface area contributed by atoms with E-state index in [0.717, 1.165) is 0 Å². The fourth-order valence-corrected chi connectivity index (χ4v) is 19.7. The molecule has 24 rings (SSSR count). The van der Waals surface area contributed by atoms with E-state index in [1.54, 1.807) is 0 Å². The average molecular weight is 1300 g/mol. The second-order valence-corrected chi connectivity index (χ2v) is 27.9. The summed E-state index contributed by atoms with van der Waals surface area (Å²) in [6.45, 7) is 0. The van der Waals surface area contributed by atoms with Crippen molar-refractivity contribution < 1.29 is 13.7 Å². The van der Waals surface area contributed by atoms with E-state index in [2.05, 4.69) is 396 Å². The maximum Gasteiger partial charge on any atom is 0.327 e. The van der Waals surface area contributed by atoms with E-state index >= 15 is 0 Å². The predicted molar refractivity (Wildman–Crippen MR) is 418 cm³/mol. The molecule has 0 N–H and O–H groups in total. The van der Waals surface area contributed by atoms with Crippen molar-refractivity contribution in [1.29, 1.82) is 0 Å². The molecule has 0 aliphatic carbocycles. The molecule has 3 unspecified atom stereocenters. The van der Waals surface area contributed by atoms with Gasteiger partial charge in [-0.1, -0.05) is 212 Å². The first-order valence-corrected chi connectivity index (χ1v) is 35.7. The molecule has 3 atom stereocenters. The summed E-state index contributed by atoms with van der Waals surface area (Å²) in [6, 6.07) is 141. The lowest BCUT2D eigenvalue weighted by atomic mass is 9.96. The fourth-order valence-electron chi connectivity index (χ4n) is 19.7. The molecular weight excluding hydrogens is 1240 g/mol.